The SMILES string of the molecule is CC#CCC(CBr)OC. The Hall–Kier alpha value is -0.0000000000000000208. The van der Waals surface area contributed by atoms with Crippen molar-refractivity contribution in [1.29, 1.82) is 0 Å². The number of hydrogen-bond donors (Lipinski definition) is 0. The van der Waals surface area contributed by atoms with E-state index in [4.69, 9.17) is 4.74 Å². The van der Waals surface area contributed by atoms with Crippen LogP contribution in [-0.4, -0.2) is 18.5 Å². The molecule has 0 N–H and O–H groups in total. The zero-order chi connectivity index (χ0) is 7.11. The second-order valence-electron chi connectivity index (χ2n) is 1.64. The summed E-state index contributed by atoms with van der Waals surface area (Å²) in [6.45, 7) is 1.83. The summed E-state index contributed by atoms with van der Waals surface area (Å²) in [6.07, 6.45) is 1.07. The molecule has 0 heterocycles. The average molecular weight is 191 g/mol. The molecule has 0 radical (unpaired) electrons. The summed E-state index contributed by atoms with van der Waals surface area (Å²) >= 11 is 3.31. The van der Waals surface area contributed by atoms with Crippen LogP contribution >= 0.6 is 15.9 Å². The van der Waals surface area contributed by atoms with Gasteiger partial charge in [-0.3, -0.25) is 0 Å². The predicted molar refractivity (Wildman–Crippen MR) is 42.7 cm³/mol. The molecule has 0 aliphatic carbocycles. The van der Waals surface area contributed by atoms with E-state index in [0.717, 1.165) is 11.8 Å². The topological polar surface area (TPSA) is 9.23 Å². The molecule has 0 aromatic heterocycles. The fraction of sp³-hybridized carbons (Fsp3) is 0.714. The Kier molecular flexibility index (Phi) is 6.12. The molecule has 0 aromatic carbocycles. The number of methoxy groups -OCH3 is 1. The van der Waals surface area contributed by atoms with E-state index in [-0.39, 0.29) is 6.10 Å². The van der Waals surface area contributed by atoms with Gasteiger partial charge in [0.05, 0.1) is 6.10 Å². The second kappa shape index (κ2) is 6.12. The Morgan fingerprint density at radius 2 is 2.33 bits per heavy atom. The highest BCUT2D eigenvalue weighted by atomic mass is 79.9. The molecule has 0 amide bonds. The maximum Gasteiger partial charge on any atom is 0.0777 e. The zero-order valence-electron chi connectivity index (χ0n) is 5.78. The molecule has 0 saturated heterocycles. The molecule has 9 heavy (non-hydrogen) atoms. The molecule has 0 bridgehead atoms. The summed E-state index contributed by atoms with van der Waals surface area (Å²) < 4.78 is 5.05. The summed E-state index contributed by atoms with van der Waals surface area (Å²) in [4.78, 5) is 0. The van der Waals surface area contributed by atoms with Crippen molar-refractivity contribution < 1.29 is 4.74 Å². The van der Waals surface area contributed by atoms with Gasteiger partial charge in [-0.1, -0.05) is 15.9 Å². The first-order valence-electron chi connectivity index (χ1n) is 2.83. The van der Waals surface area contributed by atoms with E-state index in [2.05, 4.69) is 27.8 Å². The smallest absolute Gasteiger partial charge is 0.0777 e. The lowest BCUT2D eigenvalue weighted by atomic mass is 10.3. The normalized spacial score (nSPS) is 11.9. The number of rotatable bonds is 3. The average Bonchev–Trinajstić information content (AvgIpc) is 1.91. The van der Waals surface area contributed by atoms with Crippen molar-refractivity contribution in [1.82, 2.24) is 0 Å². The summed E-state index contributed by atoms with van der Waals surface area (Å²) in [5.41, 5.74) is 0. The van der Waals surface area contributed by atoms with Gasteiger partial charge in [-0.15, -0.1) is 11.8 Å². The Morgan fingerprint density at radius 1 is 1.67 bits per heavy atom. The largest absolute Gasteiger partial charge is 0.380 e. The van der Waals surface area contributed by atoms with E-state index in [0.29, 0.717) is 0 Å². The lowest BCUT2D eigenvalue weighted by Gasteiger charge is -2.05. The Morgan fingerprint density at radius 3 is 2.67 bits per heavy atom. The first-order valence-corrected chi connectivity index (χ1v) is 3.95. The van der Waals surface area contributed by atoms with Crippen LogP contribution in [0.15, 0.2) is 0 Å². The van der Waals surface area contributed by atoms with Gasteiger partial charge in [0.2, 0.25) is 0 Å². The molecular formula is C7H11BrO. The maximum atomic E-state index is 5.05. The summed E-state index contributed by atoms with van der Waals surface area (Å²) in [6, 6.07) is 0. The van der Waals surface area contributed by atoms with Crippen molar-refractivity contribution in [2.45, 2.75) is 19.4 Å². The van der Waals surface area contributed by atoms with Gasteiger partial charge in [-0.05, 0) is 6.92 Å². The van der Waals surface area contributed by atoms with Crippen LogP contribution in [0.3, 0.4) is 0 Å². The van der Waals surface area contributed by atoms with Gasteiger partial charge in [-0.25, -0.2) is 0 Å². The first-order chi connectivity index (χ1) is 4.35. The highest BCUT2D eigenvalue weighted by Crippen LogP contribution is 1.99. The van der Waals surface area contributed by atoms with Gasteiger partial charge in [0.15, 0.2) is 0 Å². The third-order valence-corrected chi connectivity index (χ3v) is 1.73. The summed E-state index contributed by atoms with van der Waals surface area (Å²) in [7, 11) is 1.70. The minimum absolute atomic E-state index is 0.248. The molecule has 0 fully saturated rings. The van der Waals surface area contributed by atoms with Crippen LogP contribution in [-0.2, 0) is 4.74 Å². The van der Waals surface area contributed by atoms with E-state index in [1.807, 2.05) is 6.92 Å². The van der Waals surface area contributed by atoms with Crippen LogP contribution in [0.25, 0.3) is 0 Å². The molecule has 1 unspecified atom stereocenters. The molecule has 52 valence electrons. The Balaban J connectivity index is 3.39. The van der Waals surface area contributed by atoms with E-state index in [1.165, 1.54) is 0 Å². The molecular weight excluding hydrogens is 180 g/mol. The van der Waals surface area contributed by atoms with Crippen molar-refractivity contribution in [3.63, 3.8) is 0 Å². The third-order valence-electron chi connectivity index (χ3n) is 1.01. The highest BCUT2D eigenvalue weighted by molar-refractivity contribution is 9.09. The van der Waals surface area contributed by atoms with Gasteiger partial charge in [0.1, 0.15) is 0 Å². The maximum absolute atomic E-state index is 5.05. The number of hydrogen-bond acceptors (Lipinski definition) is 1. The summed E-state index contributed by atoms with van der Waals surface area (Å²) in [5, 5.41) is 0.859. The number of halogens is 1. The monoisotopic (exact) mass is 190 g/mol. The lowest BCUT2D eigenvalue weighted by molar-refractivity contribution is 0.127. The molecule has 0 aromatic rings. The van der Waals surface area contributed by atoms with E-state index < -0.39 is 0 Å². The van der Waals surface area contributed by atoms with Gasteiger partial charge < -0.3 is 4.74 Å². The fourth-order valence-electron chi connectivity index (χ4n) is 0.417. The Bertz CT molecular complexity index is 108. The van der Waals surface area contributed by atoms with E-state index in [9.17, 15) is 0 Å². The van der Waals surface area contributed by atoms with Crippen molar-refractivity contribution in [2.24, 2.45) is 0 Å². The zero-order valence-corrected chi connectivity index (χ0v) is 7.36. The molecule has 0 spiro atoms. The Labute approximate surface area is 64.9 Å². The van der Waals surface area contributed by atoms with Crippen LogP contribution in [0.2, 0.25) is 0 Å². The molecule has 0 rings (SSSR count). The third kappa shape index (κ3) is 4.50. The van der Waals surface area contributed by atoms with Crippen molar-refractivity contribution in [3.8, 4) is 11.8 Å². The van der Waals surface area contributed by atoms with Crippen molar-refractivity contribution in [3.05, 3.63) is 0 Å². The molecule has 1 atom stereocenters. The van der Waals surface area contributed by atoms with Crippen LogP contribution in [0.5, 0.6) is 0 Å². The molecule has 0 saturated carbocycles. The van der Waals surface area contributed by atoms with Gasteiger partial charge in [-0.2, -0.15) is 0 Å². The van der Waals surface area contributed by atoms with E-state index >= 15 is 0 Å². The van der Waals surface area contributed by atoms with Crippen molar-refractivity contribution >= 4 is 15.9 Å². The minimum atomic E-state index is 0.248. The molecule has 0 aliphatic heterocycles. The van der Waals surface area contributed by atoms with E-state index in [1.54, 1.807) is 7.11 Å². The van der Waals surface area contributed by atoms with Crippen molar-refractivity contribution in [2.75, 3.05) is 12.4 Å². The van der Waals surface area contributed by atoms with Gasteiger partial charge in [0, 0.05) is 18.9 Å². The highest BCUT2D eigenvalue weighted by Gasteiger charge is 2.00. The molecule has 0 aliphatic rings. The fourth-order valence-corrected chi connectivity index (χ4v) is 0.910. The lowest BCUT2D eigenvalue weighted by Crippen LogP contribution is -2.10. The number of alkyl halides is 1. The van der Waals surface area contributed by atoms with Gasteiger partial charge >= 0.3 is 0 Å². The van der Waals surface area contributed by atoms with Crippen LogP contribution in [0, 0.1) is 11.8 Å². The van der Waals surface area contributed by atoms with Crippen LogP contribution < -0.4 is 0 Å². The van der Waals surface area contributed by atoms with Crippen LogP contribution in [0.4, 0.5) is 0 Å². The molecule has 1 nitrogen and oxygen atoms in total. The second-order valence-corrected chi connectivity index (χ2v) is 2.29. The number of ether oxygens (including phenoxy) is 1. The van der Waals surface area contributed by atoms with Gasteiger partial charge in [0.25, 0.3) is 0 Å². The quantitative estimate of drug-likeness (QED) is 0.488. The first kappa shape index (κ1) is 9.00. The minimum Gasteiger partial charge on any atom is -0.380 e. The standard InChI is InChI=1S/C7H11BrO/c1-3-4-5-7(6-8)9-2/h7H,5-6H2,1-2H3. The predicted octanol–water partition coefficient (Wildman–Crippen LogP) is 1.81. The van der Waals surface area contributed by atoms with Crippen LogP contribution in [0.1, 0.15) is 13.3 Å². The molecule has 2 heteroatoms. The summed E-state index contributed by atoms with van der Waals surface area (Å²) in [5.74, 6) is 5.76.